The SMILES string of the molecule is COCCN(CCCN(C)C)C(=O)CC1CCCN1. The first-order valence-electron chi connectivity index (χ1n) is 7.28. The van der Waals surface area contributed by atoms with Gasteiger partial charge in [-0.2, -0.15) is 0 Å². The van der Waals surface area contributed by atoms with Crippen LogP contribution in [0.5, 0.6) is 0 Å². The van der Waals surface area contributed by atoms with E-state index in [1.807, 2.05) is 4.90 Å². The zero-order valence-corrected chi connectivity index (χ0v) is 12.7. The molecule has 0 saturated carbocycles. The molecule has 5 nitrogen and oxygen atoms in total. The third-order valence-electron chi connectivity index (χ3n) is 3.53. The average molecular weight is 271 g/mol. The van der Waals surface area contributed by atoms with E-state index in [1.165, 1.54) is 6.42 Å². The van der Waals surface area contributed by atoms with Gasteiger partial charge in [0, 0.05) is 32.7 Å². The third kappa shape index (κ3) is 6.89. The van der Waals surface area contributed by atoms with Crippen LogP contribution in [0.25, 0.3) is 0 Å². The molecule has 1 fully saturated rings. The Labute approximate surface area is 117 Å². The van der Waals surface area contributed by atoms with Gasteiger partial charge in [-0.25, -0.2) is 0 Å². The Morgan fingerprint density at radius 1 is 1.32 bits per heavy atom. The fourth-order valence-electron chi connectivity index (χ4n) is 2.41. The zero-order valence-electron chi connectivity index (χ0n) is 12.7. The maximum Gasteiger partial charge on any atom is 0.224 e. The maximum atomic E-state index is 12.3. The van der Waals surface area contributed by atoms with Gasteiger partial charge >= 0.3 is 0 Å². The standard InChI is InChI=1S/C14H29N3O2/c1-16(2)8-5-9-17(10-11-19-3)14(18)12-13-6-4-7-15-13/h13,15H,4-12H2,1-3H3. The van der Waals surface area contributed by atoms with E-state index in [2.05, 4.69) is 24.3 Å². The third-order valence-corrected chi connectivity index (χ3v) is 3.53. The van der Waals surface area contributed by atoms with Crippen LogP contribution in [-0.4, -0.2) is 75.7 Å². The van der Waals surface area contributed by atoms with Gasteiger partial charge in [0.05, 0.1) is 6.61 Å². The minimum atomic E-state index is 0.259. The molecule has 1 unspecified atom stereocenters. The summed E-state index contributed by atoms with van der Waals surface area (Å²) < 4.78 is 5.10. The van der Waals surface area contributed by atoms with Crippen LogP contribution in [0.1, 0.15) is 25.7 Å². The zero-order chi connectivity index (χ0) is 14.1. The van der Waals surface area contributed by atoms with Crippen molar-refractivity contribution in [3.8, 4) is 0 Å². The largest absolute Gasteiger partial charge is 0.383 e. The Morgan fingerprint density at radius 2 is 2.11 bits per heavy atom. The minimum absolute atomic E-state index is 0.259. The predicted molar refractivity (Wildman–Crippen MR) is 77.3 cm³/mol. The van der Waals surface area contributed by atoms with Gasteiger partial charge < -0.3 is 19.9 Å². The van der Waals surface area contributed by atoms with Crippen LogP contribution in [0.4, 0.5) is 0 Å². The molecule has 1 amide bonds. The molecule has 0 bridgehead atoms. The molecule has 0 aromatic carbocycles. The van der Waals surface area contributed by atoms with Crippen molar-refractivity contribution in [1.82, 2.24) is 15.1 Å². The maximum absolute atomic E-state index is 12.3. The molecular formula is C14H29N3O2. The lowest BCUT2D eigenvalue weighted by molar-refractivity contribution is -0.132. The number of nitrogens with zero attached hydrogens (tertiary/aromatic N) is 2. The Kier molecular flexibility index (Phi) is 8.02. The van der Waals surface area contributed by atoms with Crippen LogP contribution >= 0.6 is 0 Å². The van der Waals surface area contributed by atoms with Crippen molar-refractivity contribution >= 4 is 5.91 Å². The Morgan fingerprint density at radius 3 is 2.68 bits per heavy atom. The van der Waals surface area contributed by atoms with Gasteiger partial charge in [0.15, 0.2) is 0 Å². The topological polar surface area (TPSA) is 44.8 Å². The first-order valence-corrected chi connectivity index (χ1v) is 7.28. The number of nitrogens with one attached hydrogen (secondary N) is 1. The summed E-state index contributed by atoms with van der Waals surface area (Å²) in [5, 5.41) is 3.39. The lowest BCUT2D eigenvalue weighted by atomic mass is 10.1. The summed E-state index contributed by atoms with van der Waals surface area (Å²) in [4.78, 5) is 16.4. The minimum Gasteiger partial charge on any atom is -0.383 e. The number of carbonyl (C=O) groups excluding carboxylic acids is 1. The molecule has 1 aliphatic heterocycles. The summed E-state index contributed by atoms with van der Waals surface area (Å²) in [5.41, 5.74) is 0. The lowest BCUT2D eigenvalue weighted by Crippen LogP contribution is -2.39. The molecule has 1 atom stereocenters. The first kappa shape index (κ1) is 16.4. The van der Waals surface area contributed by atoms with Gasteiger partial charge in [0.2, 0.25) is 5.91 Å². The van der Waals surface area contributed by atoms with Gasteiger partial charge in [-0.05, 0) is 46.4 Å². The van der Waals surface area contributed by atoms with E-state index in [0.717, 1.165) is 32.5 Å². The molecule has 1 N–H and O–H groups in total. The molecule has 0 aliphatic carbocycles. The normalized spacial score (nSPS) is 19.1. The summed E-state index contributed by atoms with van der Waals surface area (Å²) in [5.74, 6) is 0.259. The van der Waals surface area contributed by atoms with Crippen LogP contribution in [0.2, 0.25) is 0 Å². The van der Waals surface area contributed by atoms with Gasteiger partial charge in [0.25, 0.3) is 0 Å². The fourth-order valence-corrected chi connectivity index (χ4v) is 2.41. The second-order valence-corrected chi connectivity index (χ2v) is 5.53. The molecule has 1 heterocycles. The number of methoxy groups -OCH3 is 1. The quantitative estimate of drug-likeness (QED) is 0.665. The van der Waals surface area contributed by atoms with Crippen LogP contribution < -0.4 is 5.32 Å². The van der Waals surface area contributed by atoms with Crippen LogP contribution in [0, 0.1) is 0 Å². The van der Waals surface area contributed by atoms with Crippen LogP contribution in [-0.2, 0) is 9.53 Å². The van der Waals surface area contributed by atoms with Gasteiger partial charge in [-0.1, -0.05) is 0 Å². The summed E-state index contributed by atoms with van der Waals surface area (Å²) in [6.07, 6.45) is 3.96. The highest BCUT2D eigenvalue weighted by Gasteiger charge is 2.21. The molecule has 112 valence electrons. The molecule has 0 radical (unpaired) electrons. The molecular weight excluding hydrogens is 242 g/mol. The van der Waals surface area contributed by atoms with Crippen molar-refractivity contribution in [2.45, 2.75) is 31.7 Å². The smallest absolute Gasteiger partial charge is 0.224 e. The second-order valence-electron chi connectivity index (χ2n) is 5.53. The van der Waals surface area contributed by atoms with Gasteiger partial charge in [0.1, 0.15) is 0 Å². The van der Waals surface area contributed by atoms with E-state index in [4.69, 9.17) is 4.74 Å². The van der Waals surface area contributed by atoms with E-state index in [9.17, 15) is 4.79 Å². The van der Waals surface area contributed by atoms with Crippen molar-refractivity contribution < 1.29 is 9.53 Å². The number of amides is 1. The molecule has 19 heavy (non-hydrogen) atoms. The molecule has 5 heteroatoms. The number of hydrogen-bond donors (Lipinski definition) is 1. The van der Waals surface area contributed by atoms with Crippen LogP contribution in [0.15, 0.2) is 0 Å². The monoisotopic (exact) mass is 271 g/mol. The summed E-state index contributed by atoms with van der Waals surface area (Å²) in [6.45, 7) is 4.21. The van der Waals surface area contributed by atoms with E-state index in [-0.39, 0.29) is 5.91 Å². The van der Waals surface area contributed by atoms with Gasteiger partial charge in [-0.15, -0.1) is 0 Å². The summed E-state index contributed by atoms with van der Waals surface area (Å²) in [7, 11) is 5.80. The number of rotatable bonds is 9. The highest BCUT2D eigenvalue weighted by atomic mass is 16.5. The molecule has 0 aromatic rings. The van der Waals surface area contributed by atoms with E-state index in [1.54, 1.807) is 7.11 Å². The molecule has 0 aromatic heterocycles. The number of hydrogen-bond acceptors (Lipinski definition) is 4. The molecule has 1 aliphatic rings. The van der Waals surface area contributed by atoms with Crippen molar-refractivity contribution in [2.75, 3.05) is 54.0 Å². The van der Waals surface area contributed by atoms with E-state index >= 15 is 0 Å². The Balaban J connectivity index is 2.34. The highest BCUT2D eigenvalue weighted by Crippen LogP contribution is 2.10. The highest BCUT2D eigenvalue weighted by molar-refractivity contribution is 5.76. The summed E-state index contributed by atoms with van der Waals surface area (Å²) >= 11 is 0. The summed E-state index contributed by atoms with van der Waals surface area (Å²) in [6, 6.07) is 0.381. The predicted octanol–water partition coefficient (Wildman–Crippen LogP) is 0.555. The molecule has 0 spiro atoms. The van der Waals surface area contributed by atoms with Crippen molar-refractivity contribution in [2.24, 2.45) is 0 Å². The van der Waals surface area contributed by atoms with Gasteiger partial charge in [-0.3, -0.25) is 4.79 Å². The van der Waals surface area contributed by atoms with Crippen LogP contribution in [0.3, 0.4) is 0 Å². The van der Waals surface area contributed by atoms with E-state index < -0.39 is 0 Å². The average Bonchev–Trinajstić information content (AvgIpc) is 2.85. The molecule has 1 saturated heterocycles. The lowest BCUT2D eigenvalue weighted by Gasteiger charge is -2.24. The second kappa shape index (κ2) is 9.28. The van der Waals surface area contributed by atoms with Crippen molar-refractivity contribution in [3.63, 3.8) is 0 Å². The van der Waals surface area contributed by atoms with Crippen molar-refractivity contribution in [1.29, 1.82) is 0 Å². The number of carbonyl (C=O) groups is 1. The molecule has 1 rings (SSSR count). The Bertz CT molecular complexity index is 253. The first-order chi connectivity index (χ1) is 9.13. The number of ether oxygens (including phenoxy) is 1. The fraction of sp³-hybridized carbons (Fsp3) is 0.929. The van der Waals surface area contributed by atoms with E-state index in [0.29, 0.717) is 25.6 Å². The Hall–Kier alpha value is -0.650. The van der Waals surface area contributed by atoms with Crippen molar-refractivity contribution in [3.05, 3.63) is 0 Å².